The van der Waals surface area contributed by atoms with E-state index >= 15 is 0 Å². The van der Waals surface area contributed by atoms with Crippen LogP contribution >= 0.6 is 0 Å². The van der Waals surface area contributed by atoms with Crippen molar-refractivity contribution < 1.29 is 14.7 Å². The molecule has 0 spiro atoms. The van der Waals surface area contributed by atoms with Gasteiger partial charge in [-0.2, -0.15) is 0 Å². The summed E-state index contributed by atoms with van der Waals surface area (Å²) in [5, 5.41) is 11.8. The number of rotatable bonds is 4. The minimum atomic E-state index is -1.01. The fourth-order valence-electron chi connectivity index (χ4n) is 1.59. The monoisotopic (exact) mass is 227 g/mol. The Balaban J connectivity index is 2.57. The number of urea groups is 1. The zero-order chi connectivity index (χ0) is 12.0. The van der Waals surface area contributed by atoms with Crippen LogP contribution in [0.4, 0.5) is 4.79 Å². The van der Waals surface area contributed by atoms with Crippen molar-refractivity contribution in [3.63, 3.8) is 0 Å². The maximum atomic E-state index is 11.9. The van der Waals surface area contributed by atoms with E-state index in [-0.39, 0.29) is 19.1 Å². The highest BCUT2D eigenvalue weighted by Gasteiger charge is 2.22. The van der Waals surface area contributed by atoms with E-state index in [0.29, 0.717) is 13.1 Å². The molecular formula is C10H17N3O3. The number of carboxylic acids is 1. The van der Waals surface area contributed by atoms with Crippen LogP contribution in [0.1, 0.15) is 0 Å². The smallest absolute Gasteiger partial charge is 0.323 e. The molecule has 1 aliphatic heterocycles. The van der Waals surface area contributed by atoms with Gasteiger partial charge in [-0.3, -0.25) is 4.79 Å². The van der Waals surface area contributed by atoms with Crippen LogP contribution in [-0.4, -0.2) is 66.2 Å². The van der Waals surface area contributed by atoms with E-state index in [9.17, 15) is 9.59 Å². The van der Waals surface area contributed by atoms with Crippen molar-refractivity contribution in [1.82, 2.24) is 15.1 Å². The molecule has 0 aromatic rings. The van der Waals surface area contributed by atoms with E-state index in [1.54, 1.807) is 4.90 Å². The Morgan fingerprint density at radius 3 is 2.56 bits per heavy atom. The van der Waals surface area contributed by atoms with Gasteiger partial charge in [-0.05, 0) is 0 Å². The minimum Gasteiger partial charge on any atom is -0.480 e. The number of carbonyl (C=O) groups is 2. The van der Waals surface area contributed by atoms with E-state index in [4.69, 9.17) is 5.11 Å². The number of nitrogens with zero attached hydrogens (tertiary/aromatic N) is 2. The highest BCUT2D eigenvalue weighted by molar-refractivity contribution is 5.80. The van der Waals surface area contributed by atoms with Crippen LogP contribution in [0.2, 0.25) is 0 Å². The molecule has 2 N–H and O–H groups in total. The first kappa shape index (κ1) is 12.5. The van der Waals surface area contributed by atoms with Crippen LogP contribution in [0.15, 0.2) is 12.7 Å². The van der Waals surface area contributed by atoms with Crippen molar-refractivity contribution in [2.75, 3.05) is 39.3 Å². The quantitative estimate of drug-likeness (QED) is 0.640. The molecule has 16 heavy (non-hydrogen) atoms. The summed E-state index contributed by atoms with van der Waals surface area (Å²) in [4.78, 5) is 25.5. The number of nitrogens with one attached hydrogen (secondary N) is 1. The summed E-state index contributed by atoms with van der Waals surface area (Å²) in [6.45, 7) is 6.23. The van der Waals surface area contributed by atoms with E-state index in [0.717, 1.165) is 13.1 Å². The fraction of sp³-hybridized carbons (Fsp3) is 0.600. The number of amides is 2. The van der Waals surface area contributed by atoms with Crippen molar-refractivity contribution in [1.29, 1.82) is 0 Å². The molecule has 6 heteroatoms. The van der Waals surface area contributed by atoms with Crippen LogP contribution in [0.5, 0.6) is 0 Å². The van der Waals surface area contributed by atoms with Gasteiger partial charge in [0.25, 0.3) is 0 Å². The second-order valence-corrected chi connectivity index (χ2v) is 3.58. The second kappa shape index (κ2) is 6.12. The predicted octanol–water partition coefficient (Wildman–Crippen LogP) is -0.416. The maximum Gasteiger partial charge on any atom is 0.323 e. The van der Waals surface area contributed by atoms with Crippen molar-refractivity contribution in [3.05, 3.63) is 12.7 Å². The van der Waals surface area contributed by atoms with E-state index in [1.165, 1.54) is 11.0 Å². The van der Waals surface area contributed by atoms with Crippen molar-refractivity contribution in [3.8, 4) is 0 Å². The molecule has 1 fully saturated rings. The first-order valence-corrected chi connectivity index (χ1v) is 5.22. The fourth-order valence-corrected chi connectivity index (χ4v) is 1.59. The molecule has 1 rings (SSSR count). The van der Waals surface area contributed by atoms with Gasteiger partial charge < -0.3 is 20.2 Å². The van der Waals surface area contributed by atoms with Crippen LogP contribution in [0.3, 0.4) is 0 Å². The molecule has 0 aromatic heterocycles. The molecule has 0 aliphatic carbocycles. The normalized spacial score (nSPS) is 15.6. The molecule has 2 amide bonds. The molecule has 0 unspecified atom stereocenters. The van der Waals surface area contributed by atoms with Gasteiger partial charge in [-0.25, -0.2) is 4.79 Å². The third-order valence-electron chi connectivity index (χ3n) is 2.33. The average Bonchev–Trinajstić information content (AvgIpc) is 2.28. The lowest BCUT2D eigenvalue weighted by Crippen LogP contribution is -2.52. The molecule has 0 atom stereocenters. The Morgan fingerprint density at radius 2 is 2.06 bits per heavy atom. The summed E-state index contributed by atoms with van der Waals surface area (Å²) >= 11 is 0. The number of aliphatic carboxylic acids is 1. The highest BCUT2D eigenvalue weighted by Crippen LogP contribution is 2.01. The van der Waals surface area contributed by atoms with Crippen LogP contribution < -0.4 is 5.32 Å². The summed E-state index contributed by atoms with van der Waals surface area (Å²) in [6, 6.07) is -0.233. The van der Waals surface area contributed by atoms with Gasteiger partial charge >= 0.3 is 12.0 Å². The summed E-state index contributed by atoms with van der Waals surface area (Å²) < 4.78 is 0. The van der Waals surface area contributed by atoms with Crippen molar-refractivity contribution >= 4 is 12.0 Å². The zero-order valence-electron chi connectivity index (χ0n) is 9.19. The zero-order valence-corrected chi connectivity index (χ0v) is 9.19. The average molecular weight is 227 g/mol. The predicted molar refractivity (Wildman–Crippen MR) is 59.2 cm³/mol. The van der Waals surface area contributed by atoms with Crippen LogP contribution in [0, 0.1) is 0 Å². The van der Waals surface area contributed by atoms with Gasteiger partial charge in [0, 0.05) is 32.7 Å². The van der Waals surface area contributed by atoms with E-state index in [1.807, 2.05) is 0 Å². The summed E-state index contributed by atoms with van der Waals surface area (Å²) in [6.07, 6.45) is 1.53. The number of carboxylic acid groups (broad SMARTS) is 1. The highest BCUT2D eigenvalue weighted by atomic mass is 16.4. The maximum absolute atomic E-state index is 11.9. The SMILES string of the molecule is C=CCN(CC(=O)O)C(=O)N1CCNCC1. The van der Waals surface area contributed by atoms with E-state index in [2.05, 4.69) is 11.9 Å². The number of hydrogen-bond acceptors (Lipinski definition) is 3. The Labute approximate surface area is 94.5 Å². The number of piperazine rings is 1. The molecule has 0 radical (unpaired) electrons. The minimum absolute atomic E-state index is 0.233. The lowest BCUT2D eigenvalue weighted by Gasteiger charge is -2.32. The van der Waals surface area contributed by atoms with E-state index < -0.39 is 5.97 Å². The summed E-state index contributed by atoms with van der Waals surface area (Å²) in [7, 11) is 0. The van der Waals surface area contributed by atoms with Crippen molar-refractivity contribution in [2.24, 2.45) is 0 Å². The van der Waals surface area contributed by atoms with Crippen LogP contribution in [0.25, 0.3) is 0 Å². The lowest BCUT2D eigenvalue weighted by molar-refractivity contribution is -0.137. The van der Waals surface area contributed by atoms with Gasteiger partial charge in [0.2, 0.25) is 0 Å². The Kier molecular flexibility index (Phi) is 4.78. The molecule has 0 bridgehead atoms. The van der Waals surface area contributed by atoms with Crippen LogP contribution in [-0.2, 0) is 4.79 Å². The van der Waals surface area contributed by atoms with Crippen molar-refractivity contribution in [2.45, 2.75) is 0 Å². The summed E-state index contributed by atoms with van der Waals surface area (Å²) in [5.74, 6) is -1.01. The Morgan fingerprint density at radius 1 is 1.44 bits per heavy atom. The largest absolute Gasteiger partial charge is 0.480 e. The number of hydrogen-bond donors (Lipinski definition) is 2. The first-order valence-electron chi connectivity index (χ1n) is 5.22. The lowest BCUT2D eigenvalue weighted by atomic mass is 10.3. The molecule has 0 aromatic carbocycles. The molecule has 1 heterocycles. The Bertz CT molecular complexity index is 274. The molecule has 6 nitrogen and oxygen atoms in total. The van der Waals surface area contributed by atoms with Gasteiger partial charge in [0.15, 0.2) is 0 Å². The van der Waals surface area contributed by atoms with Gasteiger partial charge in [0.05, 0.1) is 0 Å². The van der Waals surface area contributed by atoms with Gasteiger partial charge in [-0.15, -0.1) is 6.58 Å². The first-order chi connectivity index (χ1) is 7.65. The summed E-state index contributed by atoms with van der Waals surface area (Å²) in [5.41, 5.74) is 0. The second-order valence-electron chi connectivity index (χ2n) is 3.58. The molecule has 90 valence electrons. The topological polar surface area (TPSA) is 72.9 Å². The van der Waals surface area contributed by atoms with Gasteiger partial charge in [-0.1, -0.05) is 6.08 Å². The third kappa shape index (κ3) is 3.54. The standard InChI is InChI=1S/C10H17N3O3/c1-2-5-13(8-9(14)15)10(16)12-6-3-11-4-7-12/h2,11H,1,3-8H2,(H,14,15). The molecular weight excluding hydrogens is 210 g/mol. The Hall–Kier alpha value is -1.56. The molecule has 0 saturated carbocycles. The molecule has 1 aliphatic rings. The number of carbonyl (C=O) groups excluding carboxylic acids is 1. The van der Waals surface area contributed by atoms with Gasteiger partial charge in [0.1, 0.15) is 6.54 Å². The molecule has 1 saturated heterocycles. The third-order valence-corrected chi connectivity index (χ3v) is 2.33.